The SMILES string of the molecule is CN1Cc2ccccc2/C(N(N)CCOCCOCCOCCOCCOCCN)=C(/N)c2ccccc21. The number of nitrogens with zero attached hydrogens (tertiary/aromatic N) is 2. The molecule has 1 heterocycles. The standard InChI is InChI=1S/C28H43N5O5/c1-32-22-23-6-2-3-7-24(23)28(27(30)25-8-4-5-9-26(25)32)33(31)11-13-35-15-17-37-19-21-38-20-18-36-16-14-34-12-10-29/h2-9H,10-22,29-31H2,1H3/b28-27-. The number of ether oxygens (including phenoxy) is 5. The topological polar surface area (TPSA) is 131 Å². The van der Waals surface area contributed by atoms with Crippen molar-refractivity contribution in [3.63, 3.8) is 0 Å². The van der Waals surface area contributed by atoms with E-state index >= 15 is 0 Å². The summed E-state index contributed by atoms with van der Waals surface area (Å²) in [5.74, 6) is 6.56. The van der Waals surface area contributed by atoms with Crippen LogP contribution in [0.3, 0.4) is 0 Å². The summed E-state index contributed by atoms with van der Waals surface area (Å²) >= 11 is 0. The number of rotatable bonds is 18. The molecule has 0 saturated heterocycles. The van der Waals surface area contributed by atoms with Crippen LogP contribution in [0.2, 0.25) is 0 Å². The van der Waals surface area contributed by atoms with Gasteiger partial charge in [-0.15, -0.1) is 0 Å². The van der Waals surface area contributed by atoms with Crippen LogP contribution in [-0.4, -0.2) is 91.2 Å². The molecule has 0 atom stereocenters. The molecule has 0 radical (unpaired) electrons. The van der Waals surface area contributed by atoms with Gasteiger partial charge in [0, 0.05) is 37.0 Å². The number of nitrogens with two attached hydrogens (primary N) is 3. The van der Waals surface area contributed by atoms with E-state index in [0.717, 1.165) is 34.6 Å². The van der Waals surface area contributed by atoms with Gasteiger partial charge in [-0.05, 0) is 11.6 Å². The first-order valence-electron chi connectivity index (χ1n) is 13.1. The summed E-state index contributed by atoms with van der Waals surface area (Å²) < 4.78 is 27.4. The molecule has 10 nitrogen and oxygen atoms in total. The average Bonchev–Trinajstić information content (AvgIpc) is 2.93. The van der Waals surface area contributed by atoms with Gasteiger partial charge in [-0.1, -0.05) is 42.5 Å². The lowest BCUT2D eigenvalue weighted by Crippen LogP contribution is -2.36. The second-order valence-electron chi connectivity index (χ2n) is 8.84. The first-order valence-corrected chi connectivity index (χ1v) is 13.1. The zero-order valence-electron chi connectivity index (χ0n) is 22.5. The number of para-hydroxylation sites is 1. The highest BCUT2D eigenvalue weighted by molar-refractivity contribution is 5.93. The fourth-order valence-electron chi connectivity index (χ4n) is 4.19. The van der Waals surface area contributed by atoms with E-state index in [4.69, 9.17) is 41.0 Å². The number of hydrogen-bond donors (Lipinski definition) is 3. The minimum absolute atomic E-state index is 0.448. The number of benzene rings is 2. The Balaban J connectivity index is 1.37. The van der Waals surface area contributed by atoms with Gasteiger partial charge in [-0.2, -0.15) is 0 Å². The highest BCUT2D eigenvalue weighted by Gasteiger charge is 2.23. The van der Waals surface area contributed by atoms with Crippen molar-refractivity contribution in [2.45, 2.75) is 6.54 Å². The molecule has 1 aliphatic heterocycles. The quantitative estimate of drug-likeness (QED) is 0.149. The van der Waals surface area contributed by atoms with Crippen LogP contribution in [0.25, 0.3) is 11.4 Å². The first-order chi connectivity index (χ1) is 18.6. The second-order valence-corrected chi connectivity index (χ2v) is 8.84. The van der Waals surface area contributed by atoms with Crippen molar-refractivity contribution in [3.05, 3.63) is 65.2 Å². The van der Waals surface area contributed by atoms with Gasteiger partial charge in [0.05, 0.1) is 84.0 Å². The predicted molar refractivity (Wildman–Crippen MR) is 150 cm³/mol. The van der Waals surface area contributed by atoms with Crippen LogP contribution in [0.5, 0.6) is 0 Å². The van der Waals surface area contributed by atoms with E-state index in [1.807, 2.05) is 30.3 Å². The van der Waals surface area contributed by atoms with E-state index in [0.29, 0.717) is 84.9 Å². The van der Waals surface area contributed by atoms with Crippen LogP contribution in [0, 0.1) is 0 Å². The average molecular weight is 530 g/mol. The monoisotopic (exact) mass is 529 g/mol. The van der Waals surface area contributed by atoms with Gasteiger partial charge < -0.3 is 45.1 Å². The highest BCUT2D eigenvalue weighted by Crippen LogP contribution is 2.35. The van der Waals surface area contributed by atoms with Crippen molar-refractivity contribution in [2.24, 2.45) is 17.3 Å². The smallest absolute Gasteiger partial charge is 0.0830 e. The molecule has 3 rings (SSSR count). The molecule has 0 amide bonds. The minimum Gasteiger partial charge on any atom is -0.396 e. The molecular formula is C28H43N5O5. The van der Waals surface area contributed by atoms with Crippen LogP contribution in [-0.2, 0) is 30.2 Å². The zero-order valence-corrected chi connectivity index (χ0v) is 22.5. The fraction of sp³-hybridized carbons (Fsp3) is 0.500. The molecule has 10 heteroatoms. The van der Waals surface area contributed by atoms with Crippen molar-refractivity contribution >= 4 is 17.1 Å². The Hall–Kier alpha value is -2.70. The molecule has 0 aromatic heterocycles. The van der Waals surface area contributed by atoms with Gasteiger partial charge in [-0.25, -0.2) is 5.84 Å². The molecule has 2 aromatic carbocycles. The summed E-state index contributed by atoms with van der Waals surface area (Å²) in [6.45, 7) is 6.87. The molecule has 2 aromatic rings. The Morgan fingerprint density at radius 2 is 1.21 bits per heavy atom. The zero-order chi connectivity index (χ0) is 27.0. The number of anilines is 1. The van der Waals surface area contributed by atoms with E-state index in [-0.39, 0.29) is 0 Å². The van der Waals surface area contributed by atoms with E-state index in [2.05, 4.69) is 30.1 Å². The molecule has 0 bridgehead atoms. The molecule has 0 aliphatic carbocycles. The molecule has 210 valence electrons. The molecule has 0 saturated carbocycles. The van der Waals surface area contributed by atoms with Crippen molar-refractivity contribution < 1.29 is 23.7 Å². The molecule has 38 heavy (non-hydrogen) atoms. The maximum absolute atomic E-state index is 6.74. The van der Waals surface area contributed by atoms with Crippen LogP contribution in [0.15, 0.2) is 48.5 Å². The third-order valence-corrected chi connectivity index (χ3v) is 6.05. The molecule has 0 spiro atoms. The maximum atomic E-state index is 6.74. The van der Waals surface area contributed by atoms with Crippen molar-refractivity contribution in [3.8, 4) is 0 Å². The van der Waals surface area contributed by atoms with Gasteiger partial charge in [0.1, 0.15) is 0 Å². The molecule has 1 aliphatic rings. The second kappa shape index (κ2) is 17.0. The van der Waals surface area contributed by atoms with E-state index < -0.39 is 0 Å². The van der Waals surface area contributed by atoms with Gasteiger partial charge in [0.15, 0.2) is 0 Å². The Morgan fingerprint density at radius 3 is 1.82 bits per heavy atom. The lowest BCUT2D eigenvalue weighted by molar-refractivity contribution is -0.0111. The third kappa shape index (κ3) is 9.25. The minimum atomic E-state index is 0.448. The lowest BCUT2D eigenvalue weighted by Gasteiger charge is -2.32. The number of hydrazine groups is 1. The van der Waals surface area contributed by atoms with Crippen molar-refractivity contribution in [1.82, 2.24) is 5.01 Å². The van der Waals surface area contributed by atoms with Gasteiger partial charge >= 0.3 is 0 Å². The number of hydrogen-bond acceptors (Lipinski definition) is 10. The summed E-state index contributed by atoms with van der Waals surface area (Å²) in [6.07, 6.45) is 0. The van der Waals surface area contributed by atoms with Gasteiger partial charge in [-0.3, -0.25) is 0 Å². The lowest BCUT2D eigenvalue weighted by atomic mass is 9.96. The Morgan fingerprint density at radius 1 is 0.711 bits per heavy atom. The molecule has 0 unspecified atom stereocenters. The molecule has 6 N–H and O–H groups in total. The molecular weight excluding hydrogens is 486 g/mol. The normalized spacial score (nSPS) is 15.1. The summed E-state index contributed by atoms with van der Waals surface area (Å²) in [5, 5.41) is 1.69. The fourth-order valence-corrected chi connectivity index (χ4v) is 4.19. The summed E-state index contributed by atoms with van der Waals surface area (Å²) in [7, 11) is 2.08. The third-order valence-electron chi connectivity index (χ3n) is 6.05. The van der Waals surface area contributed by atoms with E-state index in [1.165, 1.54) is 0 Å². The van der Waals surface area contributed by atoms with Crippen LogP contribution in [0.1, 0.15) is 16.7 Å². The largest absolute Gasteiger partial charge is 0.396 e. The predicted octanol–water partition coefficient (Wildman–Crippen LogP) is 1.64. The Bertz CT molecular complexity index is 990. The summed E-state index contributed by atoms with van der Waals surface area (Å²) in [6, 6.07) is 16.4. The maximum Gasteiger partial charge on any atom is 0.0830 e. The molecule has 0 fully saturated rings. The first kappa shape index (κ1) is 29.9. The Labute approximate surface area is 226 Å². The van der Waals surface area contributed by atoms with Crippen LogP contribution >= 0.6 is 0 Å². The van der Waals surface area contributed by atoms with Crippen molar-refractivity contribution in [1.29, 1.82) is 0 Å². The van der Waals surface area contributed by atoms with Crippen LogP contribution in [0.4, 0.5) is 5.69 Å². The van der Waals surface area contributed by atoms with Crippen LogP contribution < -0.4 is 22.2 Å². The highest BCUT2D eigenvalue weighted by atomic mass is 16.6. The summed E-state index contributed by atoms with van der Waals surface area (Å²) in [4.78, 5) is 2.21. The summed E-state index contributed by atoms with van der Waals surface area (Å²) in [5.41, 5.74) is 17.8. The number of fused-ring (bicyclic) bond motifs is 2. The van der Waals surface area contributed by atoms with Gasteiger partial charge in [0.25, 0.3) is 0 Å². The van der Waals surface area contributed by atoms with E-state index in [9.17, 15) is 0 Å². The van der Waals surface area contributed by atoms with Gasteiger partial charge in [0.2, 0.25) is 0 Å². The van der Waals surface area contributed by atoms with E-state index in [1.54, 1.807) is 5.01 Å². The van der Waals surface area contributed by atoms with Crippen molar-refractivity contribution in [2.75, 3.05) is 91.1 Å². The Kier molecular flexibility index (Phi) is 13.4.